The first-order chi connectivity index (χ1) is 7.34. The van der Waals surface area contributed by atoms with Crippen LogP contribution in [0.1, 0.15) is 0 Å². The van der Waals surface area contributed by atoms with Crippen molar-refractivity contribution in [1.29, 1.82) is 0 Å². The van der Waals surface area contributed by atoms with Gasteiger partial charge in [-0.3, -0.25) is 0 Å². The molecule has 74 valence electrons. The first-order valence-electron chi connectivity index (χ1n) is 4.45. The molecule has 0 amide bonds. The van der Waals surface area contributed by atoms with Crippen LogP contribution >= 0.6 is 0 Å². The smallest absolute Gasteiger partial charge is 0.240 e. The van der Waals surface area contributed by atoms with Gasteiger partial charge in [0.25, 0.3) is 0 Å². The number of aromatic nitrogens is 5. The van der Waals surface area contributed by atoms with Gasteiger partial charge in [-0.25, -0.2) is 9.20 Å². The van der Waals surface area contributed by atoms with E-state index in [1.807, 2.05) is 24.4 Å². The van der Waals surface area contributed by atoms with Crippen LogP contribution in [0.5, 0.6) is 0 Å². The Bertz CT molecular complexity index is 594. The summed E-state index contributed by atoms with van der Waals surface area (Å²) in [5, 5.41) is 8.17. The van der Waals surface area contributed by atoms with Crippen molar-refractivity contribution in [1.82, 2.24) is 24.4 Å². The molecule has 0 spiro atoms. The van der Waals surface area contributed by atoms with Crippen molar-refractivity contribution in [2.45, 2.75) is 0 Å². The summed E-state index contributed by atoms with van der Waals surface area (Å²) < 4.78 is 3.36. The Hall–Kier alpha value is -2.37. The second-order valence-corrected chi connectivity index (χ2v) is 3.08. The van der Waals surface area contributed by atoms with Crippen LogP contribution in [-0.2, 0) is 0 Å². The van der Waals surface area contributed by atoms with Crippen LogP contribution in [-0.4, -0.2) is 24.4 Å². The molecule has 2 N–H and O–H groups in total. The SMILES string of the molecule is Nc1nc2c(-n3cccn3)cccn2n1. The molecular weight excluding hydrogens is 192 g/mol. The fourth-order valence-electron chi connectivity index (χ4n) is 1.50. The van der Waals surface area contributed by atoms with Crippen LogP contribution in [0.15, 0.2) is 36.8 Å². The highest BCUT2D eigenvalue weighted by Gasteiger charge is 2.06. The summed E-state index contributed by atoms with van der Waals surface area (Å²) in [4.78, 5) is 4.14. The lowest BCUT2D eigenvalue weighted by molar-refractivity contribution is 0.867. The van der Waals surface area contributed by atoms with E-state index in [9.17, 15) is 0 Å². The number of anilines is 1. The van der Waals surface area contributed by atoms with Gasteiger partial charge in [-0.2, -0.15) is 10.1 Å². The van der Waals surface area contributed by atoms with E-state index >= 15 is 0 Å². The minimum absolute atomic E-state index is 0.259. The molecule has 0 bridgehead atoms. The van der Waals surface area contributed by atoms with Crippen LogP contribution in [0.3, 0.4) is 0 Å². The summed E-state index contributed by atoms with van der Waals surface area (Å²) >= 11 is 0. The van der Waals surface area contributed by atoms with E-state index in [0.29, 0.717) is 5.65 Å². The van der Waals surface area contributed by atoms with Crippen LogP contribution in [0.4, 0.5) is 5.95 Å². The monoisotopic (exact) mass is 200 g/mol. The fourth-order valence-corrected chi connectivity index (χ4v) is 1.50. The number of hydrogen-bond donors (Lipinski definition) is 1. The molecule has 3 rings (SSSR count). The van der Waals surface area contributed by atoms with Crippen LogP contribution in [0, 0.1) is 0 Å². The maximum absolute atomic E-state index is 5.54. The van der Waals surface area contributed by atoms with E-state index in [0.717, 1.165) is 5.69 Å². The van der Waals surface area contributed by atoms with Crippen molar-refractivity contribution in [3.05, 3.63) is 36.8 Å². The summed E-state index contributed by atoms with van der Waals surface area (Å²) in [6, 6.07) is 5.64. The van der Waals surface area contributed by atoms with Crippen LogP contribution in [0.2, 0.25) is 0 Å². The van der Waals surface area contributed by atoms with Crippen molar-refractivity contribution >= 4 is 11.6 Å². The van der Waals surface area contributed by atoms with Gasteiger partial charge < -0.3 is 5.73 Å². The normalized spacial score (nSPS) is 10.9. The number of hydrogen-bond acceptors (Lipinski definition) is 4. The third kappa shape index (κ3) is 1.15. The molecule has 0 unspecified atom stereocenters. The maximum Gasteiger partial charge on any atom is 0.240 e. The molecule has 15 heavy (non-hydrogen) atoms. The molecule has 3 heterocycles. The number of nitrogens with two attached hydrogens (primary N) is 1. The fraction of sp³-hybridized carbons (Fsp3) is 0. The van der Waals surface area contributed by atoms with E-state index in [1.54, 1.807) is 21.6 Å². The maximum atomic E-state index is 5.54. The first-order valence-corrected chi connectivity index (χ1v) is 4.45. The lowest BCUT2D eigenvalue weighted by atomic mass is 10.4. The van der Waals surface area contributed by atoms with E-state index in [2.05, 4.69) is 15.2 Å². The average Bonchev–Trinajstić information content (AvgIpc) is 2.82. The van der Waals surface area contributed by atoms with Gasteiger partial charge in [-0.1, -0.05) is 0 Å². The average molecular weight is 200 g/mol. The molecule has 0 saturated carbocycles. The molecule has 0 atom stereocenters. The summed E-state index contributed by atoms with van der Waals surface area (Å²) in [6.45, 7) is 0. The predicted octanol–water partition coefficient (Wildman–Crippen LogP) is 0.497. The third-order valence-corrected chi connectivity index (χ3v) is 2.11. The van der Waals surface area contributed by atoms with Crippen molar-refractivity contribution in [2.24, 2.45) is 0 Å². The molecule has 0 radical (unpaired) electrons. The van der Waals surface area contributed by atoms with Gasteiger partial charge in [0.05, 0.1) is 0 Å². The molecule has 6 nitrogen and oxygen atoms in total. The Morgan fingerprint density at radius 1 is 1.20 bits per heavy atom. The summed E-state index contributed by atoms with van der Waals surface area (Å²) in [6.07, 6.45) is 5.36. The minimum atomic E-state index is 0.259. The molecule has 0 fully saturated rings. The third-order valence-electron chi connectivity index (χ3n) is 2.11. The van der Waals surface area contributed by atoms with E-state index in [4.69, 9.17) is 5.73 Å². The molecule has 0 aromatic carbocycles. The predicted molar refractivity (Wildman–Crippen MR) is 54.5 cm³/mol. The van der Waals surface area contributed by atoms with E-state index in [-0.39, 0.29) is 5.95 Å². The van der Waals surface area contributed by atoms with Crippen molar-refractivity contribution in [3.63, 3.8) is 0 Å². The van der Waals surface area contributed by atoms with Gasteiger partial charge in [0.15, 0.2) is 5.65 Å². The quantitative estimate of drug-likeness (QED) is 0.620. The zero-order valence-corrected chi connectivity index (χ0v) is 7.78. The number of nitrogen functional groups attached to an aromatic ring is 1. The van der Waals surface area contributed by atoms with Gasteiger partial charge >= 0.3 is 0 Å². The van der Waals surface area contributed by atoms with Gasteiger partial charge in [0.1, 0.15) is 5.69 Å². The van der Waals surface area contributed by atoms with E-state index in [1.165, 1.54) is 0 Å². The second kappa shape index (κ2) is 2.81. The Morgan fingerprint density at radius 3 is 2.93 bits per heavy atom. The summed E-state index contributed by atoms with van der Waals surface area (Å²) in [5.41, 5.74) is 7.09. The van der Waals surface area contributed by atoms with Crippen molar-refractivity contribution in [3.8, 4) is 5.69 Å². The number of pyridine rings is 1. The zero-order chi connectivity index (χ0) is 10.3. The molecule has 0 aliphatic carbocycles. The van der Waals surface area contributed by atoms with Gasteiger partial charge in [0.2, 0.25) is 5.95 Å². The van der Waals surface area contributed by atoms with Gasteiger partial charge in [-0.05, 0) is 18.2 Å². The van der Waals surface area contributed by atoms with Crippen molar-refractivity contribution in [2.75, 3.05) is 5.73 Å². The van der Waals surface area contributed by atoms with E-state index < -0.39 is 0 Å². The Labute approximate surface area is 85.0 Å². The second-order valence-electron chi connectivity index (χ2n) is 3.08. The number of fused-ring (bicyclic) bond motifs is 1. The molecule has 6 heteroatoms. The first kappa shape index (κ1) is 7.98. The molecule has 3 aromatic rings. The lowest BCUT2D eigenvalue weighted by Gasteiger charge is -2.01. The molecule has 3 aromatic heterocycles. The van der Waals surface area contributed by atoms with Crippen LogP contribution < -0.4 is 5.73 Å². The van der Waals surface area contributed by atoms with Gasteiger partial charge in [-0.15, -0.1) is 5.10 Å². The molecule has 0 aliphatic rings. The van der Waals surface area contributed by atoms with Gasteiger partial charge in [0, 0.05) is 18.6 Å². The Balaban J connectivity index is 2.35. The number of nitrogens with zero attached hydrogens (tertiary/aromatic N) is 5. The molecular formula is C9H8N6. The Morgan fingerprint density at radius 2 is 2.13 bits per heavy atom. The standard InChI is InChI=1S/C9H8N6/c10-9-12-8-7(14-6-2-4-11-14)3-1-5-15(8)13-9/h1-6H,(H2,10,13). The lowest BCUT2D eigenvalue weighted by Crippen LogP contribution is -1.98. The number of rotatable bonds is 1. The zero-order valence-electron chi connectivity index (χ0n) is 7.78. The minimum Gasteiger partial charge on any atom is -0.366 e. The largest absolute Gasteiger partial charge is 0.366 e. The highest BCUT2D eigenvalue weighted by molar-refractivity contribution is 5.59. The highest BCUT2D eigenvalue weighted by atomic mass is 15.3. The molecule has 0 saturated heterocycles. The molecule has 0 aliphatic heterocycles. The summed E-state index contributed by atoms with van der Waals surface area (Å²) in [7, 11) is 0. The van der Waals surface area contributed by atoms with Crippen molar-refractivity contribution < 1.29 is 0 Å². The highest BCUT2D eigenvalue weighted by Crippen LogP contribution is 2.13. The summed E-state index contributed by atoms with van der Waals surface area (Å²) in [5.74, 6) is 0.259. The topological polar surface area (TPSA) is 74.0 Å². The Kier molecular flexibility index (Phi) is 1.49. The van der Waals surface area contributed by atoms with Crippen LogP contribution in [0.25, 0.3) is 11.3 Å².